The Morgan fingerprint density at radius 3 is 2.53 bits per heavy atom. The number of amides is 2. The van der Waals surface area contributed by atoms with Gasteiger partial charge in [0.05, 0.1) is 0 Å². The van der Waals surface area contributed by atoms with Crippen molar-refractivity contribution in [2.24, 2.45) is 0 Å². The first-order chi connectivity index (χ1) is 14.1. The number of nitrogens with zero attached hydrogens (tertiary/aromatic N) is 1. The van der Waals surface area contributed by atoms with Gasteiger partial charge in [-0.1, -0.05) is 48.0 Å². The van der Waals surface area contributed by atoms with E-state index in [1.54, 1.807) is 30.3 Å². The number of allylic oxidation sites excluding steroid dienone is 2. The molecule has 0 saturated carbocycles. The molecule has 1 unspecified atom stereocenters. The minimum atomic E-state index is -4.98. The lowest BCUT2D eigenvalue weighted by molar-refractivity contribution is -0.342. The van der Waals surface area contributed by atoms with Crippen molar-refractivity contribution in [3.63, 3.8) is 0 Å². The van der Waals surface area contributed by atoms with Gasteiger partial charge in [-0.3, -0.25) is 14.3 Å². The van der Waals surface area contributed by atoms with Gasteiger partial charge in [-0.25, -0.2) is 0 Å². The van der Waals surface area contributed by atoms with Crippen molar-refractivity contribution in [1.29, 1.82) is 0 Å². The first kappa shape index (κ1) is 22.4. The molecule has 2 atom stereocenters. The molecular weight excluding hydrogens is 421 g/mol. The van der Waals surface area contributed by atoms with Crippen molar-refractivity contribution in [1.82, 2.24) is 10.2 Å². The number of rotatable bonds is 4. The van der Waals surface area contributed by atoms with E-state index in [0.29, 0.717) is 18.5 Å². The number of hydrogen-bond acceptors (Lipinski definition) is 3. The van der Waals surface area contributed by atoms with Gasteiger partial charge in [0, 0.05) is 31.2 Å². The molecule has 0 aromatic heterocycles. The molecule has 1 aliphatic heterocycles. The summed E-state index contributed by atoms with van der Waals surface area (Å²) in [6.07, 6.45) is -0.355. The number of piperidine rings is 1. The van der Waals surface area contributed by atoms with Gasteiger partial charge in [-0.05, 0) is 30.9 Å². The number of halogens is 4. The molecule has 0 bridgehead atoms. The zero-order chi connectivity index (χ0) is 21.9. The zero-order valence-electron chi connectivity index (χ0n) is 16.3. The summed E-state index contributed by atoms with van der Waals surface area (Å²) in [7, 11) is 0. The molecule has 1 N–H and O–H groups in total. The molecule has 1 heterocycles. The fourth-order valence-electron chi connectivity index (χ4n) is 3.82. The van der Waals surface area contributed by atoms with Crippen LogP contribution < -0.4 is 5.32 Å². The molecular formula is C21H22ClF3N2O3. The van der Waals surface area contributed by atoms with Gasteiger partial charge in [-0.2, -0.15) is 0 Å². The monoisotopic (exact) mass is 442 g/mol. The van der Waals surface area contributed by atoms with Crippen LogP contribution in [-0.4, -0.2) is 40.7 Å². The van der Waals surface area contributed by atoms with Gasteiger partial charge >= 0.3 is 6.36 Å². The van der Waals surface area contributed by atoms with Crippen LogP contribution in [0.25, 0.3) is 5.57 Å². The van der Waals surface area contributed by atoms with Crippen molar-refractivity contribution < 1.29 is 27.5 Å². The van der Waals surface area contributed by atoms with Crippen molar-refractivity contribution in [3.8, 4) is 0 Å². The number of likely N-dealkylation sites (tertiary alicyclic amines) is 1. The fraction of sp³-hybridized carbons (Fsp3) is 0.429. The summed E-state index contributed by atoms with van der Waals surface area (Å²) in [5, 5.41) is 0.406. The first-order valence-electron chi connectivity index (χ1n) is 9.60. The highest BCUT2D eigenvalue weighted by Gasteiger charge is 2.47. The molecule has 1 aromatic rings. The summed E-state index contributed by atoms with van der Waals surface area (Å²) in [6, 6.07) is 7.70. The summed E-state index contributed by atoms with van der Waals surface area (Å²) < 4.78 is 43.6. The molecule has 30 heavy (non-hydrogen) atoms. The lowest BCUT2D eigenvalue weighted by Crippen LogP contribution is -2.51. The van der Waals surface area contributed by atoms with Crippen LogP contribution in [0.4, 0.5) is 13.2 Å². The highest BCUT2D eigenvalue weighted by atomic mass is 35.5. The van der Waals surface area contributed by atoms with Gasteiger partial charge in [0.1, 0.15) is 6.04 Å². The first-order valence-corrected chi connectivity index (χ1v) is 9.97. The SMILES string of the molecule is CC(=O)N1CCCC[C@@H]1C(=O)NC1=CC=C(c2ccccc2)C(Cl)(OC(F)(F)F)C1. The van der Waals surface area contributed by atoms with Crippen molar-refractivity contribution >= 4 is 29.0 Å². The number of carbonyl (C=O) groups excluding carboxylic acids is 2. The lowest BCUT2D eigenvalue weighted by atomic mass is 9.92. The molecule has 1 aliphatic carbocycles. The Hall–Kier alpha value is -2.32. The van der Waals surface area contributed by atoms with Crippen LogP contribution in [0.2, 0.25) is 0 Å². The summed E-state index contributed by atoms with van der Waals surface area (Å²) in [5.74, 6) is -0.662. The van der Waals surface area contributed by atoms with E-state index in [0.717, 1.165) is 12.8 Å². The van der Waals surface area contributed by atoms with Crippen molar-refractivity contribution in [3.05, 3.63) is 53.7 Å². The maximum atomic E-state index is 13.1. The van der Waals surface area contributed by atoms with Gasteiger partial charge in [0.15, 0.2) is 5.06 Å². The Bertz CT molecular complexity index is 870. The normalized spacial score (nSPS) is 24.7. The summed E-state index contributed by atoms with van der Waals surface area (Å²) >= 11 is 6.34. The zero-order valence-corrected chi connectivity index (χ0v) is 17.1. The Morgan fingerprint density at radius 2 is 1.90 bits per heavy atom. The molecule has 0 radical (unpaired) electrons. The summed E-state index contributed by atoms with van der Waals surface area (Å²) in [6.45, 7) is 1.86. The largest absolute Gasteiger partial charge is 0.524 e. The molecule has 2 amide bonds. The number of ether oxygens (including phenoxy) is 1. The molecule has 1 saturated heterocycles. The minimum absolute atomic E-state index is 0.142. The van der Waals surface area contributed by atoms with E-state index in [2.05, 4.69) is 10.1 Å². The third kappa shape index (κ3) is 5.23. The summed E-state index contributed by atoms with van der Waals surface area (Å²) in [5.41, 5.74) is 0.810. The van der Waals surface area contributed by atoms with Gasteiger partial charge in [-0.15, -0.1) is 13.2 Å². The molecule has 1 fully saturated rings. The Morgan fingerprint density at radius 1 is 1.20 bits per heavy atom. The van der Waals surface area contributed by atoms with E-state index in [-0.39, 0.29) is 17.2 Å². The topological polar surface area (TPSA) is 58.6 Å². The van der Waals surface area contributed by atoms with Crippen molar-refractivity contribution in [2.75, 3.05) is 6.54 Å². The highest BCUT2D eigenvalue weighted by Crippen LogP contribution is 2.45. The highest BCUT2D eigenvalue weighted by molar-refractivity contribution is 6.29. The average Bonchev–Trinajstić information content (AvgIpc) is 2.67. The second-order valence-electron chi connectivity index (χ2n) is 7.30. The third-order valence-corrected chi connectivity index (χ3v) is 5.54. The van der Waals surface area contributed by atoms with E-state index < -0.39 is 29.8 Å². The maximum absolute atomic E-state index is 13.1. The number of nitrogens with one attached hydrogen (secondary N) is 1. The van der Waals surface area contributed by atoms with Crippen LogP contribution in [0, 0.1) is 0 Å². The predicted molar refractivity (Wildman–Crippen MR) is 106 cm³/mol. The lowest BCUT2D eigenvalue weighted by Gasteiger charge is -2.36. The Kier molecular flexibility index (Phi) is 6.57. The smallest absolute Gasteiger partial charge is 0.331 e. The molecule has 9 heteroatoms. The van der Waals surface area contributed by atoms with Gasteiger partial charge < -0.3 is 10.2 Å². The van der Waals surface area contributed by atoms with Crippen LogP contribution in [0.1, 0.15) is 38.2 Å². The van der Waals surface area contributed by atoms with Crippen LogP contribution in [-0.2, 0) is 14.3 Å². The maximum Gasteiger partial charge on any atom is 0.524 e. The molecule has 1 aromatic carbocycles. The fourth-order valence-corrected chi connectivity index (χ4v) is 4.22. The number of hydrogen-bond donors (Lipinski definition) is 1. The van der Waals surface area contributed by atoms with E-state index in [9.17, 15) is 22.8 Å². The number of benzene rings is 1. The number of alkyl halides is 4. The van der Waals surface area contributed by atoms with Crippen LogP contribution in [0.3, 0.4) is 0 Å². The molecule has 162 valence electrons. The molecule has 0 spiro atoms. The minimum Gasteiger partial charge on any atom is -0.331 e. The second kappa shape index (κ2) is 8.81. The quantitative estimate of drug-likeness (QED) is 0.705. The van der Waals surface area contributed by atoms with Crippen LogP contribution >= 0.6 is 11.6 Å². The summed E-state index contributed by atoms with van der Waals surface area (Å²) in [4.78, 5) is 26.1. The molecule has 3 rings (SSSR count). The Balaban J connectivity index is 1.85. The van der Waals surface area contributed by atoms with Gasteiger partial charge in [0.25, 0.3) is 0 Å². The van der Waals surface area contributed by atoms with E-state index >= 15 is 0 Å². The van der Waals surface area contributed by atoms with Gasteiger partial charge in [0.2, 0.25) is 11.8 Å². The standard InChI is InChI=1S/C21H22ClF3N2O3/c1-14(28)27-12-6-5-9-18(27)19(29)26-16-10-11-17(15-7-3-2-4-8-15)20(22,13-16)30-21(23,24)25/h2-4,7-8,10-11,18H,5-6,9,12-13H2,1H3,(H,26,29)/t18-,20?/m1/s1. The van der Waals surface area contributed by atoms with E-state index in [1.165, 1.54) is 24.0 Å². The predicted octanol–water partition coefficient (Wildman–Crippen LogP) is 4.35. The van der Waals surface area contributed by atoms with E-state index in [1.807, 2.05) is 0 Å². The van der Waals surface area contributed by atoms with Crippen LogP contribution in [0.15, 0.2) is 48.2 Å². The Labute approximate surface area is 177 Å². The van der Waals surface area contributed by atoms with E-state index in [4.69, 9.17) is 11.6 Å². The third-order valence-electron chi connectivity index (χ3n) is 5.13. The average molecular weight is 443 g/mol. The molecule has 5 nitrogen and oxygen atoms in total. The molecule has 2 aliphatic rings. The second-order valence-corrected chi connectivity index (χ2v) is 7.92. The number of carbonyl (C=O) groups is 2. The van der Waals surface area contributed by atoms with Crippen molar-refractivity contribution in [2.45, 2.75) is 50.1 Å². The van der Waals surface area contributed by atoms with Crippen LogP contribution in [0.5, 0.6) is 0 Å².